The zero-order valence-corrected chi connectivity index (χ0v) is 14.7. The molecule has 1 heterocycles. The predicted octanol–water partition coefficient (Wildman–Crippen LogP) is 2.66. The highest BCUT2D eigenvalue weighted by atomic mass is 16.6. The van der Waals surface area contributed by atoms with Crippen LogP contribution >= 0.6 is 0 Å². The van der Waals surface area contributed by atoms with E-state index < -0.39 is 4.92 Å². The van der Waals surface area contributed by atoms with Crippen molar-refractivity contribution in [3.8, 4) is 0 Å². The molecule has 2 aromatic rings. The summed E-state index contributed by atoms with van der Waals surface area (Å²) < 4.78 is 0. The molecule has 0 radical (unpaired) electrons. The molecule has 3 rings (SSSR count). The Morgan fingerprint density at radius 1 is 1.12 bits per heavy atom. The first-order valence-corrected chi connectivity index (χ1v) is 8.60. The van der Waals surface area contributed by atoms with E-state index in [4.69, 9.17) is 0 Å². The Bertz CT molecular complexity index is 801. The Kier molecular flexibility index (Phi) is 5.48. The molecular weight excluding hydrogens is 332 g/mol. The van der Waals surface area contributed by atoms with Crippen molar-refractivity contribution in [3.63, 3.8) is 0 Å². The maximum absolute atomic E-state index is 12.3. The first-order chi connectivity index (χ1) is 12.5. The highest BCUT2D eigenvalue weighted by Gasteiger charge is 2.21. The van der Waals surface area contributed by atoms with Crippen LogP contribution in [0.25, 0.3) is 0 Å². The minimum Gasteiger partial charge on any atom is -0.369 e. The van der Waals surface area contributed by atoms with E-state index in [1.165, 1.54) is 17.3 Å². The van der Waals surface area contributed by atoms with Gasteiger partial charge in [0.1, 0.15) is 5.69 Å². The third-order valence-corrected chi connectivity index (χ3v) is 4.48. The van der Waals surface area contributed by atoms with E-state index in [1.807, 2.05) is 0 Å². The van der Waals surface area contributed by atoms with Gasteiger partial charge < -0.3 is 10.2 Å². The van der Waals surface area contributed by atoms with E-state index in [0.717, 1.165) is 26.2 Å². The second kappa shape index (κ2) is 7.97. The Morgan fingerprint density at radius 2 is 1.85 bits per heavy atom. The summed E-state index contributed by atoms with van der Waals surface area (Å²) in [5.74, 6) is -0.233. The molecule has 0 spiro atoms. The molecule has 0 atom stereocenters. The van der Waals surface area contributed by atoms with Gasteiger partial charge in [0.2, 0.25) is 5.91 Å². The van der Waals surface area contributed by atoms with Gasteiger partial charge in [0.25, 0.3) is 5.69 Å². The van der Waals surface area contributed by atoms with E-state index >= 15 is 0 Å². The molecule has 0 aromatic heterocycles. The highest BCUT2D eigenvalue weighted by molar-refractivity contribution is 5.94. The first kappa shape index (κ1) is 17.9. The molecule has 0 unspecified atom stereocenters. The molecule has 1 fully saturated rings. The Balaban J connectivity index is 1.53. The third kappa shape index (κ3) is 4.37. The zero-order valence-electron chi connectivity index (χ0n) is 14.7. The molecule has 1 amide bonds. The van der Waals surface area contributed by atoms with Gasteiger partial charge in [-0.3, -0.25) is 19.8 Å². The maximum Gasteiger partial charge on any atom is 0.292 e. The lowest BCUT2D eigenvalue weighted by Crippen LogP contribution is -2.48. The summed E-state index contributed by atoms with van der Waals surface area (Å²) in [4.78, 5) is 27.2. The van der Waals surface area contributed by atoms with Crippen LogP contribution in [0.2, 0.25) is 0 Å². The summed E-state index contributed by atoms with van der Waals surface area (Å²) in [6.07, 6.45) is 0. The maximum atomic E-state index is 12.3. The summed E-state index contributed by atoms with van der Waals surface area (Å²) in [5.41, 5.74) is 2.58. The molecule has 1 aliphatic heterocycles. The van der Waals surface area contributed by atoms with Crippen LogP contribution in [0.4, 0.5) is 17.1 Å². The van der Waals surface area contributed by atoms with E-state index in [1.54, 1.807) is 18.2 Å². The molecule has 1 saturated heterocycles. The average Bonchev–Trinajstić information content (AvgIpc) is 2.62. The number of piperazine rings is 1. The lowest BCUT2D eigenvalue weighted by molar-refractivity contribution is -0.383. The average molecular weight is 354 g/mol. The van der Waals surface area contributed by atoms with Crippen LogP contribution in [0.15, 0.2) is 48.5 Å². The van der Waals surface area contributed by atoms with Crippen molar-refractivity contribution < 1.29 is 9.72 Å². The van der Waals surface area contributed by atoms with E-state index in [-0.39, 0.29) is 23.8 Å². The molecular formula is C19H22N4O3. The van der Waals surface area contributed by atoms with Gasteiger partial charge >= 0.3 is 0 Å². The lowest BCUT2D eigenvalue weighted by Gasteiger charge is -2.35. The van der Waals surface area contributed by atoms with Crippen LogP contribution in [-0.2, 0) is 4.79 Å². The number of rotatable bonds is 5. The topological polar surface area (TPSA) is 78.7 Å². The number of nitro groups is 1. The van der Waals surface area contributed by atoms with Crippen molar-refractivity contribution >= 4 is 23.0 Å². The largest absolute Gasteiger partial charge is 0.369 e. The second-order valence-corrected chi connectivity index (χ2v) is 6.42. The molecule has 2 aromatic carbocycles. The number of nitrogens with one attached hydrogen (secondary N) is 1. The van der Waals surface area contributed by atoms with Crippen LogP contribution < -0.4 is 10.2 Å². The quantitative estimate of drug-likeness (QED) is 0.660. The number of nitro benzene ring substituents is 1. The number of amides is 1. The van der Waals surface area contributed by atoms with Crippen molar-refractivity contribution in [1.82, 2.24) is 4.90 Å². The van der Waals surface area contributed by atoms with Gasteiger partial charge in [0.15, 0.2) is 0 Å². The smallest absolute Gasteiger partial charge is 0.292 e. The summed E-state index contributed by atoms with van der Waals surface area (Å²) >= 11 is 0. The van der Waals surface area contributed by atoms with Gasteiger partial charge in [-0.05, 0) is 30.7 Å². The van der Waals surface area contributed by atoms with Crippen LogP contribution in [0.1, 0.15) is 5.56 Å². The standard InChI is InChI=1S/C19H22N4O3/c1-15-5-4-6-16(13-15)22-11-9-21(10-12-22)14-19(24)20-17-7-2-3-8-18(17)23(25)26/h2-8,13H,9-12,14H2,1H3,(H,20,24). The third-order valence-electron chi connectivity index (χ3n) is 4.48. The number of carbonyl (C=O) groups excluding carboxylic acids is 1. The molecule has 0 saturated carbocycles. The van der Waals surface area contributed by atoms with E-state index in [9.17, 15) is 14.9 Å². The fraction of sp³-hybridized carbons (Fsp3) is 0.316. The summed E-state index contributed by atoms with van der Waals surface area (Å²) in [6, 6.07) is 14.6. The molecule has 1 N–H and O–H groups in total. The molecule has 0 aliphatic carbocycles. The first-order valence-electron chi connectivity index (χ1n) is 8.60. The van der Waals surface area contributed by atoms with Crippen molar-refractivity contribution in [2.24, 2.45) is 0 Å². The second-order valence-electron chi connectivity index (χ2n) is 6.42. The molecule has 1 aliphatic rings. The number of nitrogens with zero attached hydrogens (tertiary/aromatic N) is 3. The van der Waals surface area contributed by atoms with Crippen LogP contribution in [0.5, 0.6) is 0 Å². The van der Waals surface area contributed by atoms with Gasteiger partial charge in [-0.25, -0.2) is 0 Å². The molecule has 26 heavy (non-hydrogen) atoms. The van der Waals surface area contributed by atoms with Crippen molar-refractivity contribution in [2.75, 3.05) is 42.9 Å². The van der Waals surface area contributed by atoms with Crippen molar-refractivity contribution in [3.05, 3.63) is 64.2 Å². The van der Waals surface area contributed by atoms with Crippen molar-refractivity contribution in [2.45, 2.75) is 6.92 Å². The SMILES string of the molecule is Cc1cccc(N2CCN(CC(=O)Nc3ccccc3[N+](=O)[O-])CC2)c1. The molecule has 7 heteroatoms. The minimum atomic E-state index is -0.490. The normalized spacial score (nSPS) is 14.9. The van der Waals surface area contributed by atoms with Gasteiger partial charge in [-0.15, -0.1) is 0 Å². The van der Waals surface area contributed by atoms with Crippen LogP contribution in [-0.4, -0.2) is 48.5 Å². The fourth-order valence-electron chi connectivity index (χ4n) is 3.12. The van der Waals surface area contributed by atoms with Crippen LogP contribution in [0, 0.1) is 17.0 Å². The Labute approximate surface area is 152 Å². The minimum absolute atomic E-state index is 0.0925. The lowest BCUT2D eigenvalue weighted by atomic mass is 10.2. The number of carbonyl (C=O) groups is 1. The number of benzene rings is 2. The summed E-state index contributed by atoms with van der Waals surface area (Å²) in [6.45, 7) is 5.56. The highest BCUT2D eigenvalue weighted by Crippen LogP contribution is 2.23. The van der Waals surface area contributed by atoms with Gasteiger partial charge in [-0.1, -0.05) is 24.3 Å². The number of anilines is 2. The number of hydrogen-bond donors (Lipinski definition) is 1. The molecule has 0 bridgehead atoms. The predicted molar refractivity (Wildman–Crippen MR) is 102 cm³/mol. The number of para-hydroxylation sites is 2. The summed E-state index contributed by atoms with van der Waals surface area (Å²) in [7, 11) is 0. The fourth-order valence-corrected chi connectivity index (χ4v) is 3.12. The van der Waals surface area contributed by atoms with Gasteiger partial charge in [0.05, 0.1) is 11.5 Å². The number of aryl methyl sites for hydroxylation is 1. The van der Waals surface area contributed by atoms with E-state index in [0.29, 0.717) is 0 Å². The Hall–Kier alpha value is -2.93. The van der Waals surface area contributed by atoms with Gasteiger partial charge in [-0.2, -0.15) is 0 Å². The Morgan fingerprint density at radius 3 is 2.54 bits per heavy atom. The monoisotopic (exact) mass is 354 g/mol. The van der Waals surface area contributed by atoms with Gasteiger partial charge in [0, 0.05) is 37.9 Å². The van der Waals surface area contributed by atoms with Crippen LogP contribution in [0.3, 0.4) is 0 Å². The zero-order chi connectivity index (χ0) is 18.5. The summed E-state index contributed by atoms with van der Waals surface area (Å²) in [5, 5.41) is 13.7. The molecule has 7 nitrogen and oxygen atoms in total. The van der Waals surface area contributed by atoms with E-state index in [2.05, 4.69) is 46.3 Å². The number of hydrogen-bond acceptors (Lipinski definition) is 5. The molecule has 136 valence electrons. The van der Waals surface area contributed by atoms with Crippen molar-refractivity contribution in [1.29, 1.82) is 0 Å².